The SMILES string of the molecule is CC(C)(C)Cc1noc([C@@H]2CC(O)CN2)n1. The van der Waals surface area contributed by atoms with Crippen LogP contribution in [0, 0.1) is 5.41 Å². The zero-order valence-electron chi connectivity index (χ0n) is 10.0. The van der Waals surface area contributed by atoms with Gasteiger partial charge < -0.3 is 14.9 Å². The molecule has 90 valence electrons. The molecule has 1 aromatic heterocycles. The molecule has 2 rings (SSSR count). The molecule has 1 saturated heterocycles. The van der Waals surface area contributed by atoms with Gasteiger partial charge >= 0.3 is 0 Å². The number of hydrogen-bond donors (Lipinski definition) is 2. The molecule has 0 radical (unpaired) electrons. The lowest BCUT2D eigenvalue weighted by Gasteiger charge is -2.14. The summed E-state index contributed by atoms with van der Waals surface area (Å²) in [7, 11) is 0. The molecule has 2 N–H and O–H groups in total. The van der Waals surface area contributed by atoms with Gasteiger partial charge in [-0.1, -0.05) is 25.9 Å². The van der Waals surface area contributed by atoms with Crippen molar-refractivity contribution in [2.45, 2.75) is 45.8 Å². The smallest absolute Gasteiger partial charge is 0.243 e. The van der Waals surface area contributed by atoms with Crippen molar-refractivity contribution in [3.8, 4) is 0 Å². The Balaban J connectivity index is 2.02. The Morgan fingerprint density at radius 1 is 1.50 bits per heavy atom. The highest BCUT2D eigenvalue weighted by atomic mass is 16.5. The normalized spacial score (nSPS) is 26.2. The van der Waals surface area contributed by atoms with Gasteiger partial charge in [-0.3, -0.25) is 0 Å². The summed E-state index contributed by atoms with van der Waals surface area (Å²) in [6.07, 6.45) is 1.14. The van der Waals surface area contributed by atoms with Gasteiger partial charge in [-0.25, -0.2) is 0 Å². The van der Waals surface area contributed by atoms with E-state index >= 15 is 0 Å². The van der Waals surface area contributed by atoms with Gasteiger partial charge in [0, 0.05) is 13.0 Å². The fraction of sp³-hybridized carbons (Fsp3) is 0.818. The van der Waals surface area contributed by atoms with E-state index in [1.54, 1.807) is 0 Å². The standard InChI is InChI=1S/C11H19N3O2/c1-11(2,3)5-9-13-10(16-14-9)8-4-7(15)6-12-8/h7-8,12,15H,4-6H2,1-3H3/t7?,8-/m0/s1. The van der Waals surface area contributed by atoms with Crippen LogP contribution in [0.25, 0.3) is 0 Å². The van der Waals surface area contributed by atoms with Gasteiger partial charge in [0.1, 0.15) is 0 Å². The lowest BCUT2D eigenvalue weighted by atomic mass is 9.92. The van der Waals surface area contributed by atoms with Crippen LogP contribution in [0.3, 0.4) is 0 Å². The summed E-state index contributed by atoms with van der Waals surface area (Å²) in [5.41, 5.74) is 0.157. The van der Waals surface area contributed by atoms with Crippen molar-refractivity contribution in [3.05, 3.63) is 11.7 Å². The van der Waals surface area contributed by atoms with E-state index in [0.717, 1.165) is 12.2 Å². The largest absolute Gasteiger partial charge is 0.392 e. The molecule has 0 aliphatic carbocycles. The monoisotopic (exact) mass is 225 g/mol. The Bertz CT molecular complexity index is 356. The Hall–Kier alpha value is -0.940. The van der Waals surface area contributed by atoms with Crippen LogP contribution in [0.4, 0.5) is 0 Å². The topological polar surface area (TPSA) is 71.2 Å². The first-order chi connectivity index (χ1) is 7.44. The van der Waals surface area contributed by atoms with Crippen LogP contribution >= 0.6 is 0 Å². The first kappa shape index (κ1) is 11.5. The maximum atomic E-state index is 9.40. The van der Waals surface area contributed by atoms with E-state index < -0.39 is 0 Å². The summed E-state index contributed by atoms with van der Waals surface area (Å²) < 4.78 is 5.21. The lowest BCUT2D eigenvalue weighted by molar-refractivity contribution is 0.191. The Morgan fingerprint density at radius 2 is 2.25 bits per heavy atom. The van der Waals surface area contributed by atoms with Gasteiger partial charge in [0.15, 0.2) is 5.82 Å². The molecule has 5 nitrogen and oxygen atoms in total. The van der Waals surface area contributed by atoms with E-state index in [2.05, 4.69) is 36.2 Å². The van der Waals surface area contributed by atoms with Gasteiger partial charge in [0.2, 0.25) is 5.89 Å². The minimum atomic E-state index is -0.303. The van der Waals surface area contributed by atoms with E-state index in [1.807, 2.05) is 0 Å². The number of aliphatic hydroxyl groups is 1. The second-order valence-electron chi connectivity index (χ2n) is 5.64. The Labute approximate surface area is 95.2 Å². The summed E-state index contributed by atoms with van der Waals surface area (Å²) in [6.45, 7) is 7.02. The molecule has 0 saturated carbocycles. The van der Waals surface area contributed by atoms with Gasteiger partial charge in [-0.05, 0) is 11.8 Å². The van der Waals surface area contributed by atoms with Crippen molar-refractivity contribution in [1.29, 1.82) is 0 Å². The van der Waals surface area contributed by atoms with Crippen molar-refractivity contribution in [2.75, 3.05) is 6.54 Å². The van der Waals surface area contributed by atoms with Crippen molar-refractivity contribution in [1.82, 2.24) is 15.5 Å². The zero-order chi connectivity index (χ0) is 11.8. The third-order valence-corrected chi connectivity index (χ3v) is 2.58. The van der Waals surface area contributed by atoms with Crippen molar-refractivity contribution in [3.63, 3.8) is 0 Å². The van der Waals surface area contributed by atoms with Gasteiger partial charge in [0.05, 0.1) is 12.1 Å². The van der Waals surface area contributed by atoms with E-state index in [-0.39, 0.29) is 17.6 Å². The number of nitrogens with one attached hydrogen (secondary N) is 1. The number of hydrogen-bond acceptors (Lipinski definition) is 5. The predicted octanol–water partition coefficient (Wildman–Crippen LogP) is 1.05. The van der Waals surface area contributed by atoms with Crippen LogP contribution in [0.1, 0.15) is 44.9 Å². The highest BCUT2D eigenvalue weighted by Gasteiger charge is 2.28. The fourth-order valence-electron chi connectivity index (χ4n) is 1.86. The van der Waals surface area contributed by atoms with Gasteiger partial charge in [0.25, 0.3) is 0 Å². The summed E-state index contributed by atoms with van der Waals surface area (Å²) in [4.78, 5) is 4.36. The molecule has 1 fully saturated rings. The second-order valence-corrected chi connectivity index (χ2v) is 5.64. The van der Waals surface area contributed by atoms with Crippen molar-refractivity contribution < 1.29 is 9.63 Å². The summed E-state index contributed by atoms with van der Waals surface area (Å²) in [5.74, 6) is 1.33. The van der Waals surface area contributed by atoms with Crippen molar-refractivity contribution >= 4 is 0 Å². The molecule has 0 aromatic carbocycles. The average Bonchev–Trinajstić information content (AvgIpc) is 2.71. The molecule has 0 spiro atoms. The number of aromatic nitrogens is 2. The molecular formula is C11H19N3O2. The van der Waals surface area contributed by atoms with Crippen LogP contribution in [-0.4, -0.2) is 27.9 Å². The zero-order valence-corrected chi connectivity index (χ0v) is 10.0. The molecule has 1 unspecified atom stereocenters. The Kier molecular flexibility index (Phi) is 2.99. The summed E-state index contributed by atoms with van der Waals surface area (Å²) in [6, 6.07) is 0.0104. The van der Waals surface area contributed by atoms with Gasteiger partial charge in [-0.15, -0.1) is 0 Å². The molecule has 1 aliphatic heterocycles. The Morgan fingerprint density at radius 3 is 2.81 bits per heavy atom. The third-order valence-electron chi connectivity index (χ3n) is 2.58. The van der Waals surface area contributed by atoms with Crippen molar-refractivity contribution in [2.24, 2.45) is 5.41 Å². The van der Waals surface area contributed by atoms with Gasteiger partial charge in [-0.2, -0.15) is 4.98 Å². The molecule has 0 bridgehead atoms. The van der Waals surface area contributed by atoms with Crippen LogP contribution in [0.5, 0.6) is 0 Å². The quantitative estimate of drug-likeness (QED) is 0.787. The maximum Gasteiger partial charge on any atom is 0.243 e. The summed E-state index contributed by atoms with van der Waals surface area (Å²) in [5, 5.41) is 16.5. The van der Waals surface area contributed by atoms with E-state index in [1.165, 1.54) is 0 Å². The van der Waals surface area contributed by atoms with Crippen LogP contribution in [0.2, 0.25) is 0 Å². The minimum Gasteiger partial charge on any atom is -0.392 e. The first-order valence-corrected chi connectivity index (χ1v) is 5.68. The molecule has 0 amide bonds. The minimum absolute atomic E-state index is 0.0104. The predicted molar refractivity (Wildman–Crippen MR) is 58.8 cm³/mol. The molecule has 5 heteroatoms. The molecule has 1 aromatic rings. The number of rotatable bonds is 2. The number of aliphatic hydroxyl groups excluding tert-OH is 1. The number of β-amino-alcohol motifs (C(OH)–C–C–N with tert-alkyl or cyclic N) is 1. The van der Waals surface area contributed by atoms with Crippen LogP contribution in [0.15, 0.2) is 4.52 Å². The third kappa shape index (κ3) is 2.80. The molecule has 2 heterocycles. The lowest BCUT2D eigenvalue weighted by Crippen LogP contribution is -2.15. The van der Waals surface area contributed by atoms with E-state index in [9.17, 15) is 5.11 Å². The van der Waals surface area contributed by atoms with E-state index in [0.29, 0.717) is 18.9 Å². The fourth-order valence-corrected chi connectivity index (χ4v) is 1.86. The second kappa shape index (κ2) is 4.14. The number of nitrogens with zero attached hydrogens (tertiary/aromatic N) is 2. The maximum absolute atomic E-state index is 9.40. The molecular weight excluding hydrogens is 206 g/mol. The van der Waals surface area contributed by atoms with Crippen LogP contribution < -0.4 is 5.32 Å². The average molecular weight is 225 g/mol. The highest BCUT2D eigenvalue weighted by Crippen LogP contribution is 2.24. The van der Waals surface area contributed by atoms with Crippen LogP contribution in [-0.2, 0) is 6.42 Å². The summed E-state index contributed by atoms with van der Waals surface area (Å²) >= 11 is 0. The highest BCUT2D eigenvalue weighted by molar-refractivity contribution is 4.98. The van der Waals surface area contributed by atoms with E-state index in [4.69, 9.17) is 4.52 Å². The molecule has 16 heavy (non-hydrogen) atoms. The molecule has 1 aliphatic rings. The first-order valence-electron chi connectivity index (χ1n) is 5.68. The molecule has 2 atom stereocenters.